The minimum absolute atomic E-state index is 0.0528. The Bertz CT molecular complexity index is 1180. The molecule has 1 heterocycles. The van der Waals surface area contributed by atoms with Gasteiger partial charge in [-0.15, -0.1) is 10.2 Å². The summed E-state index contributed by atoms with van der Waals surface area (Å²) in [6, 6.07) is 26.2. The molecule has 3 aromatic carbocycles. The maximum atomic E-state index is 13.0. The SMILES string of the molecule is Cc1cccc(C)c1NC(=O)[C@H](C)Sc1nnc(-c2ccccc2)n1Cc1ccccc1. The Balaban J connectivity index is 1.60. The summed E-state index contributed by atoms with van der Waals surface area (Å²) in [7, 11) is 0. The van der Waals surface area contributed by atoms with E-state index in [2.05, 4.69) is 32.2 Å². The van der Waals surface area contributed by atoms with Crippen LogP contribution in [0.3, 0.4) is 0 Å². The Morgan fingerprint density at radius 3 is 2.19 bits per heavy atom. The molecular formula is C26H26N4OS. The molecule has 4 rings (SSSR count). The molecule has 0 saturated heterocycles. The highest BCUT2D eigenvalue weighted by molar-refractivity contribution is 8.00. The van der Waals surface area contributed by atoms with Crippen molar-refractivity contribution in [3.8, 4) is 11.4 Å². The molecule has 1 atom stereocenters. The summed E-state index contributed by atoms with van der Waals surface area (Å²) < 4.78 is 2.08. The molecule has 0 bridgehead atoms. The maximum Gasteiger partial charge on any atom is 0.237 e. The first kappa shape index (κ1) is 21.8. The summed E-state index contributed by atoms with van der Waals surface area (Å²) in [5.41, 5.74) is 5.12. The molecule has 0 saturated carbocycles. The van der Waals surface area contributed by atoms with E-state index in [9.17, 15) is 4.79 Å². The molecule has 0 unspecified atom stereocenters. The number of thioether (sulfide) groups is 1. The number of carbonyl (C=O) groups excluding carboxylic acids is 1. The Labute approximate surface area is 192 Å². The number of anilines is 1. The van der Waals surface area contributed by atoms with Crippen LogP contribution < -0.4 is 5.32 Å². The monoisotopic (exact) mass is 442 g/mol. The zero-order valence-electron chi connectivity index (χ0n) is 18.4. The number of para-hydroxylation sites is 1. The molecule has 32 heavy (non-hydrogen) atoms. The number of rotatable bonds is 7. The second kappa shape index (κ2) is 9.83. The van der Waals surface area contributed by atoms with Crippen LogP contribution in [0.5, 0.6) is 0 Å². The van der Waals surface area contributed by atoms with Gasteiger partial charge in [0.15, 0.2) is 11.0 Å². The van der Waals surface area contributed by atoms with Crippen molar-refractivity contribution >= 4 is 23.4 Å². The van der Waals surface area contributed by atoms with E-state index in [-0.39, 0.29) is 11.2 Å². The van der Waals surface area contributed by atoms with E-state index in [1.807, 2.05) is 87.5 Å². The van der Waals surface area contributed by atoms with Crippen LogP contribution in [0.4, 0.5) is 5.69 Å². The van der Waals surface area contributed by atoms with Crippen molar-refractivity contribution in [3.63, 3.8) is 0 Å². The third-order valence-corrected chi connectivity index (χ3v) is 6.39. The van der Waals surface area contributed by atoms with Crippen molar-refractivity contribution < 1.29 is 4.79 Å². The topological polar surface area (TPSA) is 59.8 Å². The van der Waals surface area contributed by atoms with Gasteiger partial charge in [0.25, 0.3) is 0 Å². The van der Waals surface area contributed by atoms with Crippen LogP contribution in [0.2, 0.25) is 0 Å². The molecule has 6 heteroatoms. The average Bonchev–Trinajstić information content (AvgIpc) is 3.19. The number of nitrogens with one attached hydrogen (secondary N) is 1. The van der Waals surface area contributed by atoms with Gasteiger partial charge in [-0.1, -0.05) is 90.6 Å². The molecule has 4 aromatic rings. The second-order valence-electron chi connectivity index (χ2n) is 7.76. The van der Waals surface area contributed by atoms with Crippen LogP contribution in [0, 0.1) is 13.8 Å². The smallest absolute Gasteiger partial charge is 0.237 e. The van der Waals surface area contributed by atoms with Crippen molar-refractivity contribution in [3.05, 3.63) is 95.6 Å². The molecule has 0 radical (unpaired) electrons. The Kier molecular flexibility index (Phi) is 6.71. The predicted octanol–water partition coefficient (Wildman–Crippen LogP) is 5.73. The summed E-state index contributed by atoms with van der Waals surface area (Å²) in [6.45, 7) is 6.54. The lowest BCUT2D eigenvalue weighted by molar-refractivity contribution is -0.115. The molecule has 0 aliphatic carbocycles. The third kappa shape index (κ3) is 4.92. The molecule has 1 N–H and O–H groups in total. The zero-order valence-corrected chi connectivity index (χ0v) is 19.3. The molecule has 162 valence electrons. The van der Waals surface area contributed by atoms with Crippen LogP contribution in [0.1, 0.15) is 23.6 Å². The van der Waals surface area contributed by atoms with Gasteiger partial charge < -0.3 is 5.32 Å². The average molecular weight is 443 g/mol. The molecule has 1 aromatic heterocycles. The lowest BCUT2D eigenvalue weighted by atomic mass is 10.1. The Morgan fingerprint density at radius 2 is 1.53 bits per heavy atom. The minimum atomic E-state index is -0.337. The predicted molar refractivity (Wildman–Crippen MR) is 131 cm³/mol. The highest BCUT2D eigenvalue weighted by Gasteiger charge is 2.22. The first-order valence-corrected chi connectivity index (χ1v) is 11.5. The number of benzene rings is 3. The van der Waals surface area contributed by atoms with Gasteiger partial charge in [-0.3, -0.25) is 9.36 Å². The van der Waals surface area contributed by atoms with Crippen molar-refractivity contribution in [2.45, 2.75) is 37.7 Å². The van der Waals surface area contributed by atoms with Gasteiger partial charge >= 0.3 is 0 Å². The van der Waals surface area contributed by atoms with E-state index in [0.29, 0.717) is 6.54 Å². The van der Waals surface area contributed by atoms with Gasteiger partial charge in [0.05, 0.1) is 11.8 Å². The number of aromatic nitrogens is 3. The lowest BCUT2D eigenvalue weighted by Crippen LogP contribution is -2.24. The molecule has 0 fully saturated rings. The van der Waals surface area contributed by atoms with E-state index in [1.54, 1.807) is 0 Å². The van der Waals surface area contributed by atoms with E-state index in [0.717, 1.165) is 38.9 Å². The number of hydrogen-bond acceptors (Lipinski definition) is 4. The van der Waals surface area contributed by atoms with Gasteiger partial charge in [0.1, 0.15) is 0 Å². The molecule has 5 nitrogen and oxygen atoms in total. The van der Waals surface area contributed by atoms with Gasteiger partial charge in [0.2, 0.25) is 5.91 Å². The zero-order chi connectivity index (χ0) is 22.5. The van der Waals surface area contributed by atoms with Gasteiger partial charge in [-0.25, -0.2) is 0 Å². The highest BCUT2D eigenvalue weighted by Crippen LogP contribution is 2.29. The Morgan fingerprint density at radius 1 is 0.906 bits per heavy atom. The summed E-state index contributed by atoms with van der Waals surface area (Å²) in [4.78, 5) is 13.0. The molecule has 1 amide bonds. The lowest BCUT2D eigenvalue weighted by Gasteiger charge is -2.16. The second-order valence-corrected chi connectivity index (χ2v) is 9.07. The van der Waals surface area contributed by atoms with Crippen molar-refractivity contribution in [2.75, 3.05) is 5.32 Å². The quantitative estimate of drug-likeness (QED) is 0.371. The van der Waals surface area contributed by atoms with E-state index < -0.39 is 0 Å². The maximum absolute atomic E-state index is 13.0. The summed E-state index contributed by atoms with van der Waals surface area (Å²) in [6.07, 6.45) is 0. The summed E-state index contributed by atoms with van der Waals surface area (Å²) in [5, 5.41) is 12.4. The number of amides is 1. The van der Waals surface area contributed by atoms with Crippen LogP contribution in [-0.4, -0.2) is 25.9 Å². The van der Waals surface area contributed by atoms with E-state index in [1.165, 1.54) is 11.8 Å². The molecule has 0 aliphatic rings. The van der Waals surface area contributed by atoms with Crippen molar-refractivity contribution in [1.82, 2.24) is 14.8 Å². The molecule has 0 aliphatic heterocycles. The van der Waals surface area contributed by atoms with Crippen LogP contribution in [-0.2, 0) is 11.3 Å². The van der Waals surface area contributed by atoms with E-state index >= 15 is 0 Å². The number of nitrogens with zero attached hydrogens (tertiary/aromatic N) is 3. The Hall–Kier alpha value is -3.38. The fourth-order valence-electron chi connectivity index (χ4n) is 3.53. The van der Waals surface area contributed by atoms with Crippen molar-refractivity contribution in [2.24, 2.45) is 0 Å². The molecule has 0 spiro atoms. The summed E-state index contributed by atoms with van der Waals surface area (Å²) >= 11 is 1.42. The van der Waals surface area contributed by atoms with E-state index in [4.69, 9.17) is 0 Å². The number of aryl methyl sites for hydroxylation is 2. The van der Waals surface area contributed by atoms with Crippen LogP contribution in [0.25, 0.3) is 11.4 Å². The normalized spacial score (nSPS) is 11.8. The van der Waals surface area contributed by atoms with Gasteiger partial charge in [-0.05, 0) is 37.5 Å². The number of carbonyl (C=O) groups is 1. The fraction of sp³-hybridized carbons (Fsp3) is 0.192. The minimum Gasteiger partial charge on any atom is -0.325 e. The highest BCUT2D eigenvalue weighted by atomic mass is 32.2. The largest absolute Gasteiger partial charge is 0.325 e. The number of hydrogen-bond donors (Lipinski definition) is 1. The fourth-order valence-corrected chi connectivity index (χ4v) is 4.38. The standard InChI is InChI=1S/C26H26N4OS/c1-18-11-10-12-19(2)23(18)27-25(31)20(3)32-26-29-28-24(22-15-8-5-9-16-22)30(26)17-21-13-6-4-7-14-21/h4-16,20H,17H2,1-3H3,(H,27,31)/t20-/m0/s1. The van der Waals surface area contributed by atoms with Crippen molar-refractivity contribution in [1.29, 1.82) is 0 Å². The van der Waals surface area contributed by atoms with Gasteiger partial charge in [0, 0.05) is 11.3 Å². The molecular weight excluding hydrogens is 416 g/mol. The first-order chi connectivity index (χ1) is 15.5. The first-order valence-electron chi connectivity index (χ1n) is 10.6. The summed E-state index contributed by atoms with van der Waals surface area (Å²) in [5.74, 6) is 0.738. The van der Waals surface area contributed by atoms with Crippen LogP contribution >= 0.6 is 11.8 Å². The third-order valence-electron chi connectivity index (χ3n) is 5.31. The van der Waals surface area contributed by atoms with Gasteiger partial charge in [-0.2, -0.15) is 0 Å². The van der Waals surface area contributed by atoms with Crippen LogP contribution in [0.15, 0.2) is 84.0 Å².